The molecule has 24 heavy (non-hydrogen) atoms. The van der Waals surface area contributed by atoms with Crippen molar-refractivity contribution in [2.45, 2.75) is 26.4 Å². The predicted molar refractivity (Wildman–Crippen MR) is 84.2 cm³/mol. The molecule has 0 spiro atoms. The molecule has 0 bridgehead atoms. The highest BCUT2D eigenvalue weighted by Crippen LogP contribution is 2.31. The molecule has 0 radical (unpaired) electrons. The molecule has 0 aliphatic rings. The van der Waals surface area contributed by atoms with Gasteiger partial charge in [0.15, 0.2) is 11.5 Å². The van der Waals surface area contributed by atoms with Crippen LogP contribution in [0.25, 0.3) is 11.5 Å². The lowest BCUT2D eigenvalue weighted by Crippen LogP contribution is -2.25. The van der Waals surface area contributed by atoms with E-state index in [9.17, 15) is 13.2 Å². The molecule has 2 heterocycles. The molecular weight excluding hydrogens is 321 g/mol. The molecular formula is C16H19F3N4O. The Balaban J connectivity index is 2.34. The van der Waals surface area contributed by atoms with Gasteiger partial charge in [-0.15, -0.1) is 0 Å². The molecule has 0 fully saturated rings. The molecule has 2 aromatic heterocycles. The summed E-state index contributed by atoms with van der Waals surface area (Å²) in [5.74, 6) is -0.0168. The van der Waals surface area contributed by atoms with Crippen LogP contribution in [0.1, 0.15) is 26.0 Å². The van der Waals surface area contributed by atoms with Crippen molar-refractivity contribution in [2.24, 2.45) is 5.41 Å². The van der Waals surface area contributed by atoms with Crippen LogP contribution < -0.4 is 5.32 Å². The minimum absolute atomic E-state index is 0.00540. The minimum Gasteiger partial charge on any atom is -0.396 e. The molecule has 0 aliphatic carbocycles. The number of pyridine rings is 1. The number of alkyl halides is 3. The Labute approximate surface area is 138 Å². The van der Waals surface area contributed by atoms with Gasteiger partial charge < -0.3 is 10.4 Å². The van der Waals surface area contributed by atoms with Crippen molar-refractivity contribution >= 4 is 5.82 Å². The molecule has 0 unspecified atom stereocenters. The normalized spacial score (nSPS) is 12.2. The molecule has 2 rings (SSSR count). The fraction of sp³-hybridized carbons (Fsp3) is 0.438. The summed E-state index contributed by atoms with van der Waals surface area (Å²) in [6.07, 6.45) is -2.59. The van der Waals surface area contributed by atoms with Crippen molar-refractivity contribution in [3.05, 3.63) is 36.2 Å². The maximum absolute atomic E-state index is 13.1. The maximum Gasteiger partial charge on any atom is 0.433 e. The van der Waals surface area contributed by atoms with Crippen molar-refractivity contribution in [3.63, 3.8) is 0 Å². The van der Waals surface area contributed by atoms with Crippen LogP contribution in [0.3, 0.4) is 0 Å². The molecule has 0 aliphatic heterocycles. The quantitative estimate of drug-likeness (QED) is 0.843. The highest BCUT2D eigenvalue weighted by atomic mass is 19.4. The van der Waals surface area contributed by atoms with E-state index in [1.807, 2.05) is 13.8 Å². The van der Waals surface area contributed by atoms with E-state index in [0.29, 0.717) is 13.0 Å². The molecule has 130 valence electrons. The van der Waals surface area contributed by atoms with E-state index in [1.54, 1.807) is 18.2 Å². The van der Waals surface area contributed by atoms with Crippen LogP contribution >= 0.6 is 0 Å². The van der Waals surface area contributed by atoms with E-state index in [2.05, 4.69) is 20.3 Å². The number of nitrogens with zero attached hydrogens (tertiary/aromatic N) is 3. The Morgan fingerprint density at radius 2 is 1.92 bits per heavy atom. The smallest absolute Gasteiger partial charge is 0.396 e. The second-order valence-corrected chi connectivity index (χ2v) is 6.17. The Morgan fingerprint density at radius 1 is 1.17 bits per heavy atom. The summed E-state index contributed by atoms with van der Waals surface area (Å²) in [4.78, 5) is 11.7. The van der Waals surface area contributed by atoms with Crippen molar-refractivity contribution in [3.8, 4) is 11.5 Å². The molecule has 0 atom stereocenters. The average molecular weight is 340 g/mol. The number of aromatic nitrogens is 3. The van der Waals surface area contributed by atoms with Gasteiger partial charge in [-0.1, -0.05) is 19.9 Å². The lowest BCUT2D eigenvalue weighted by molar-refractivity contribution is -0.141. The number of anilines is 1. The Hall–Kier alpha value is -2.22. The SMILES string of the molecule is CC(C)(CCO)CNc1cc(C(F)(F)F)nc(-c2ccccn2)n1. The predicted octanol–water partition coefficient (Wildman–Crippen LogP) is 3.38. The molecule has 0 aromatic carbocycles. The summed E-state index contributed by atoms with van der Waals surface area (Å²) >= 11 is 0. The highest BCUT2D eigenvalue weighted by molar-refractivity contribution is 5.53. The van der Waals surface area contributed by atoms with Crippen molar-refractivity contribution in [1.82, 2.24) is 15.0 Å². The van der Waals surface area contributed by atoms with E-state index in [1.165, 1.54) is 6.20 Å². The lowest BCUT2D eigenvalue weighted by Gasteiger charge is -2.24. The van der Waals surface area contributed by atoms with E-state index in [-0.39, 0.29) is 29.4 Å². The van der Waals surface area contributed by atoms with Gasteiger partial charge in [0.05, 0.1) is 0 Å². The Bertz CT molecular complexity index is 675. The van der Waals surface area contributed by atoms with E-state index >= 15 is 0 Å². The molecule has 0 saturated carbocycles. The standard InChI is InChI=1S/C16H19F3N4O/c1-15(2,6-8-24)10-21-13-9-12(16(17,18)19)22-14(23-13)11-5-3-4-7-20-11/h3-5,7,9,24H,6,8,10H2,1-2H3,(H,21,22,23). The van der Waals surface area contributed by atoms with Crippen molar-refractivity contribution < 1.29 is 18.3 Å². The van der Waals surface area contributed by atoms with E-state index < -0.39 is 11.9 Å². The lowest BCUT2D eigenvalue weighted by atomic mass is 9.90. The second kappa shape index (κ2) is 7.12. The van der Waals surface area contributed by atoms with Crippen LogP contribution in [0.2, 0.25) is 0 Å². The zero-order valence-corrected chi connectivity index (χ0v) is 13.4. The maximum atomic E-state index is 13.1. The van der Waals surface area contributed by atoms with Gasteiger partial charge in [0.1, 0.15) is 11.5 Å². The first-order valence-electron chi connectivity index (χ1n) is 7.44. The molecule has 2 aromatic rings. The molecule has 0 saturated heterocycles. The first-order chi connectivity index (χ1) is 11.2. The van der Waals surface area contributed by atoms with Gasteiger partial charge >= 0.3 is 6.18 Å². The highest BCUT2D eigenvalue weighted by Gasteiger charge is 2.34. The van der Waals surface area contributed by atoms with Gasteiger partial charge in [0, 0.05) is 25.4 Å². The number of aliphatic hydroxyl groups excluding tert-OH is 1. The van der Waals surface area contributed by atoms with Gasteiger partial charge in [-0.2, -0.15) is 13.2 Å². The molecule has 8 heteroatoms. The van der Waals surface area contributed by atoms with Gasteiger partial charge in [-0.25, -0.2) is 9.97 Å². The van der Waals surface area contributed by atoms with Crippen molar-refractivity contribution in [2.75, 3.05) is 18.5 Å². The van der Waals surface area contributed by atoms with Gasteiger partial charge in [-0.3, -0.25) is 4.98 Å². The zero-order valence-electron chi connectivity index (χ0n) is 13.4. The van der Waals surface area contributed by atoms with Crippen LogP contribution in [-0.4, -0.2) is 33.2 Å². The first kappa shape index (κ1) is 18.1. The summed E-state index contributed by atoms with van der Waals surface area (Å²) in [5, 5.41) is 11.9. The number of halogens is 3. The van der Waals surface area contributed by atoms with E-state index in [0.717, 1.165) is 6.07 Å². The average Bonchev–Trinajstić information content (AvgIpc) is 2.53. The monoisotopic (exact) mass is 340 g/mol. The van der Waals surface area contributed by atoms with E-state index in [4.69, 9.17) is 5.11 Å². The van der Waals surface area contributed by atoms with Crippen LogP contribution in [0.5, 0.6) is 0 Å². The summed E-state index contributed by atoms with van der Waals surface area (Å²) in [6.45, 7) is 4.18. The van der Waals surface area contributed by atoms with Crippen LogP contribution in [-0.2, 0) is 6.18 Å². The number of aliphatic hydroxyl groups is 1. The van der Waals surface area contributed by atoms with Gasteiger partial charge in [0.2, 0.25) is 0 Å². The largest absolute Gasteiger partial charge is 0.433 e. The third-order valence-corrected chi connectivity index (χ3v) is 3.45. The zero-order chi connectivity index (χ0) is 17.8. The third-order valence-electron chi connectivity index (χ3n) is 3.45. The summed E-state index contributed by atoms with van der Waals surface area (Å²) in [7, 11) is 0. The number of rotatable bonds is 6. The number of nitrogens with one attached hydrogen (secondary N) is 1. The molecule has 2 N–H and O–H groups in total. The first-order valence-corrected chi connectivity index (χ1v) is 7.44. The third kappa shape index (κ3) is 4.89. The minimum atomic E-state index is -4.58. The second-order valence-electron chi connectivity index (χ2n) is 6.17. The number of hydrogen-bond donors (Lipinski definition) is 2. The van der Waals surface area contributed by atoms with Gasteiger partial charge in [-0.05, 0) is 24.0 Å². The fourth-order valence-electron chi connectivity index (χ4n) is 2.01. The van der Waals surface area contributed by atoms with Crippen LogP contribution in [0.15, 0.2) is 30.5 Å². The topological polar surface area (TPSA) is 70.9 Å². The molecule has 5 nitrogen and oxygen atoms in total. The number of hydrogen-bond acceptors (Lipinski definition) is 5. The van der Waals surface area contributed by atoms with Crippen LogP contribution in [0.4, 0.5) is 19.0 Å². The fourth-order valence-corrected chi connectivity index (χ4v) is 2.01. The molecule has 0 amide bonds. The Kier molecular flexibility index (Phi) is 5.38. The van der Waals surface area contributed by atoms with Crippen molar-refractivity contribution in [1.29, 1.82) is 0 Å². The summed E-state index contributed by atoms with van der Waals surface area (Å²) in [5.41, 5.74) is -1.05. The summed E-state index contributed by atoms with van der Waals surface area (Å²) in [6, 6.07) is 5.74. The van der Waals surface area contributed by atoms with Crippen LogP contribution in [0, 0.1) is 5.41 Å². The Morgan fingerprint density at radius 3 is 2.50 bits per heavy atom. The summed E-state index contributed by atoms with van der Waals surface area (Å²) < 4.78 is 39.3. The van der Waals surface area contributed by atoms with Gasteiger partial charge in [0.25, 0.3) is 0 Å².